The molecule has 1 aromatic rings. The number of carbonyl (C=O) groups is 1. The molecule has 0 bridgehead atoms. The molecule has 1 amide bonds. The fraction of sp³-hybridized carbons (Fsp3) is 0.357. The summed E-state index contributed by atoms with van der Waals surface area (Å²) in [6.45, 7) is 3.08. The van der Waals surface area contributed by atoms with Crippen molar-refractivity contribution < 1.29 is 18.0 Å². The zero-order chi connectivity index (χ0) is 15.0. The van der Waals surface area contributed by atoms with Crippen molar-refractivity contribution in [2.24, 2.45) is 0 Å². The number of nitrogens with one attached hydrogen (secondary N) is 1. The van der Waals surface area contributed by atoms with Gasteiger partial charge in [-0.25, -0.2) is 0 Å². The zero-order valence-corrected chi connectivity index (χ0v) is 11.0. The number of hydrogen-bond donors (Lipinski definition) is 1. The molecule has 0 saturated heterocycles. The Morgan fingerprint density at radius 1 is 1.30 bits per heavy atom. The first-order valence-corrected chi connectivity index (χ1v) is 6.11. The summed E-state index contributed by atoms with van der Waals surface area (Å²) >= 11 is 0. The average Bonchev–Trinajstić information content (AvgIpc) is 2.37. The van der Waals surface area contributed by atoms with Crippen LogP contribution in [0.25, 0.3) is 0 Å². The predicted octanol–water partition coefficient (Wildman–Crippen LogP) is 2.35. The van der Waals surface area contributed by atoms with Gasteiger partial charge < -0.3 is 5.32 Å². The number of carbonyl (C=O) groups excluding carboxylic acids is 1. The van der Waals surface area contributed by atoms with Crippen molar-refractivity contribution in [2.75, 3.05) is 19.6 Å². The van der Waals surface area contributed by atoms with E-state index in [-0.39, 0.29) is 6.54 Å². The molecule has 0 atom stereocenters. The van der Waals surface area contributed by atoms with E-state index in [1.165, 1.54) is 0 Å². The highest BCUT2D eigenvalue weighted by atomic mass is 19.4. The van der Waals surface area contributed by atoms with Crippen LogP contribution >= 0.6 is 0 Å². The lowest BCUT2D eigenvalue weighted by Gasteiger charge is -2.20. The van der Waals surface area contributed by atoms with E-state index in [9.17, 15) is 18.0 Å². The van der Waals surface area contributed by atoms with E-state index in [4.69, 9.17) is 0 Å². The van der Waals surface area contributed by atoms with Gasteiger partial charge in [0, 0.05) is 13.1 Å². The Kier molecular flexibility index (Phi) is 6.24. The SMILES string of the molecule is C=CCN(CC(=O)NCC(F)(F)F)Cc1ccccc1. The fourth-order valence-electron chi connectivity index (χ4n) is 1.67. The predicted molar refractivity (Wildman–Crippen MR) is 71.0 cm³/mol. The summed E-state index contributed by atoms with van der Waals surface area (Å²) in [6.07, 6.45) is -2.78. The molecule has 1 rings (SSSR count). The molecule has 0 unspecified atom stereocenters. The van der Waals surface area contributed by atoms with Gasteiger partial charge >= 0.3 is 6.18 Å². The minimum absolute atomic E-state index is 0.100. The first kappa shape index (κ1) is 16.2. The number of benzene rings is 1. The van der Waals surface area contributed by atoms with Crippen LogP contribution in [0.1, 0.15) is 5.56 Å². The lowest BCUT2D eigenvalue weighted by molar-refractivity contribution is -0.139. The molecule has 110 valence electrons. The summed E-state index contributed by atoms with van der Waals surface area (Å²) in [4.78, 5) is 13.2. The van der Waals surface area contributed by atoms with E-state index in [1.54, 1.807) is 11.0 Å². The molecule has 0 aliphatic carbocycles. The van der Waals surface area contributed by atoms with Crippen LogP contribution in [0.5, 0.6) is 0 Å². The number of halogens is 3. The van der Waals surface area contributed by atoms with Gasteiger partial charge in [0.2, 0.25) is 5.91 Å². The minimum atomic E-state index is -4.39. The van der Waals surface area contributed by atoms with E-state index in [0.29, 0.717) is 13.1 Å². The van der Waals surface area contributed by atoms with Crippen LogP contribution < -0.4 is 5.32 Å². The van der Waals surface area contributed by atoms with Gasteiger partial charge in [-0.2, -0.15) is 13.2 Å². The normalized spacial score (nSPS) is 11.4. The van der Waals surface area contributed by atoms with Crippen molar-refractivity contribution in [3.63, 3.8) is 0 Å². The zero-order valence-electron chi connectivity index (χ0n) is 11.0. The van der Waals surface area contributed by atoms with E-state index in [1.807, 2.05) is 35.6 Å². The third-order valence-electron chi connectivity index (χ3n) is 2.49. The third kappa shape index (κ3) is 6.94. The maximum absolute atomic E-state index is 12.0. The van der Waals surface area contributed by atoms with E-state index >= 15 is 0 Å². The van der Waals surface area contributed by atoms with Gasteiger partial charge in [-0.05, 0) is 5.56 Å². The lowest BCUT2D eigenvalue weighted by atomic mass is 10.2. The number of rotatable bonds is 7. The van der Waals surface area contributed by atoms with Crippen molar-refractivity contribution >= 4 is 5.91 Å². The van der Waals surface area contributed by atoms with Gasteiger partial charge in [0.25, 0.3) is 0 Å². The molecule has 0 aliphatic heterocycles. The highest BCUT2D eigenvalue weighted by molar-refractivity contribution is 5.78. The largest absolute Gasteiger partial charge is 0.405 e. The average molecular weight is 286 g/mol. The second-order valence-corrected chi connectivity index (χ2v) is 4.34. The van der Waals surface area contributed by atoms with Crippen LogP contribution in [0.4, 0.5) is 13.2 Å². The Balaban J connectivity index is 2.50. The Bertz CT molecular complexity index is 432. The molecular formula is C14H17F3N2O. The molecule has 0 radical (unpaired) electrons. The van der Waals surface area contributed by atoms with Crippen molar-refractivity contribution in [3.05, 3.63) is 48.6 Å². The minimum Gasteiger partial charge on any atom is -0.346 e. The van der Waals surface area contributed by atoms with Crippen molar-refractivity contribution in [2.45, 2.75) is 12.7 Å². The summed E-state index contributed by atoms with van der Waals surface area (Å²) in [5.41, 5.74) is 0.984. The van der Waals surface area contributed by atoms with Crippen molar-refractivity contribution in [1.82, 2.24) is 10.2 Å². The highest BCUT2D eigenvalue weighted by Gasteiger charge is 2.27. The fourth-order valence-corrected chi connectivity index (χ4v) is 1.67. The molecular weight excluding hydrogens is 269 g/mol. The van der Waals surface area contributed by atoms with Crippen LogP contribution in [-0.2, 0) is 11.3 Å². The van der Waals surface area contributed by atoms with Crippen LogP contribution in [0, 0.1) is 0 Å². The Labute approximate surface area is 116 Å². The lowest BCUT2D eigenvalue weighted by Crippen LogP contribution is -2.40. The molecule has 0 aromatic heterocycles. The number of nitrogens with zero attached hydrogens (tertiary/aromatic N) is 1. The molecule has 1 N–H and O–H groups in total. The second kappa shape index (κ2) is 7.69. The summed E-state index contributed by atoms with van der Waals surface area (Å²) in [6, 6.07) is 9.39. The summed E-state index contributed by atoms with van der Waals surface area (Å²) in [7, 11) is 0. The second-order valence-electron chi connectivity index (χ2n) is 4.34. The molecule has 0 saturated carbocycles. The molecule has 0 spiro atoms. The van der Waals surface area contributed by atoms with Crippen LogP contribution in [0.3, 0.4) is 0 Å². The van der Waals surface area contributed by atoms with Crippen LogP contribution in [-0.4, -0.2) is 36.6 Å². The Morgan fingerprint density at radius 3 is 2.50 bits per heavy atom. The molecule has 0 aliphatic rings. The highest BCUT2D eigenvalue weighted by Crippen LogP contribution is 2.12. The molecule has 6 heteroatoms. The van der Waals surface area contributed by atoms with Crippen LogP contribution in [0.2, 0.25) is 0 Å². The summed E-state index contributed by atoms with van der Waals surface area (Å²) in [5.74, 6) is -0.653. The van der Waals surface area contributed by atoms with Crippen molar-refractivity contribution in [3.8, 4) is 0 Å². The van der Waals surface area contributed by atoms with Gasteiger partial charge in [-0.15, -0.1) is 6.58 Å². The van der Waals surface area contributed by atoms with Gasteiger partial charge in [0.1, 0.15) is 6.54 Å². The van der Waals surface area contributed by atoms with Gasteiger partial charge in [0.15, 0.2) is 0 Å². The maximum Gasteiger partial charge on any atom is 0.405 e. The van der Waals surface area contributed by atoms with E-state index < -0.39 is 18.6 Å². The monoisotopic (exact) mass is 286 g/mol. The third-order valence-corrected chi connectivity index (χ3v) is 2.49. The number of hydrogen-bond acceptors (Lipinski definition) is 2. The Hall–Kier alpha value is -1.82. The van der Waals surface area contributed by atoms with Gasteiger partial charge in [0.05, 0.1) is 6.54 Å². The maximum atomic E-state index is 12.0. The quantitative estimate of drug-likeness (QED) is 0.780. The van der Waals surface area contributed by atoms with E-state index in [2.05, 4.69) is 6.58 Å². The van der Waals surface area contributed by atoms with Gasteiger partial charge in [-0.3, -0.25) is 9.69 Å². The van der Waals surface area contributed by atoms with E-state index in [0.717, 1.165) is 5.56 Å². The van der Waals surface area contributed by atoms with Crippen molar-refractivity contribution in [1.29, 1.82) is 0 Å². The number of alkyl halides is 3. The summed E-state index contributed by atoms with van der Waals surface area (Å²) in [5, 5.41) is 1.86. The standard InChI is InChI=1S/C14H17F3N2O/c1-2-8-19(9-12-6-4-3-5-7-12)10-13(20)18-11-14(15,16)17/h2-7H,1,8-11H2,(H,18,20). The first-order chi connectivity index (χ1) is 9.40. The molecule has 0 heterocycles. The molecule has 3 nitrogen and oxygen atoms in total. The molecule has 0 fully saturated rings. The smallest absolute Gasteiger partial charge is 0.346 e. The molecule has 1 aromatic carbocycles. The molecule has 20 heavy (non-hydrogen) atoms. The summed E-state index contributed by atoms with van der Waals surface area (Å²) < 4.78 is 36.0. The van der Waals surface area contributed by atoms with Gasteiger partial charge in [-0.1, -0.05) is 36.4 Å². The topological polar surface area (TPSA) is 32.3 Å². The Morgan fingerprint density at radius 2 is 1.95 bits per heavy atom. The first-order valence-electron chi connectivity index (χ1n) is 6.11. The van der Waals surface area contributed by atoms with Crippen LogP contribution in [0.15, 0.2) is 43.0 Å². The number of amides is 1.